The fourth-order valence-electron chi connectivity index (χ4n) is 2.98. The average Bonchev–Trinajstić information content (AvgIpc) is 3.18. The quantitative estimate of drug-likeness (QED) is 0.894. The van der Waals surface area contributed by atoms with Crippen LogP contribution >= 0.6 is 0 Å². The maximum absolute atomic E-state index is 12.3. The number of nitrogens with zero attached hydrogens (tertiary/aromatic N) is 1. The van der Waals surface area contributed by atoms with Crippen LogP contribution in [0.25, 0.3) is 0 Å². The van der Waals surface area contributed by atoms with Crippen molar-refractivity contribution in [2.24, 2.45) is 0 Å². The van der Waals surface area contributed by atoms with Crippen LogP contribution in [0.4, 0.5) is 0 Å². The second-order valence-corrected chi connectivity index (χ2v) is 6.64. The van der Waals surface area contributed by atoms with E-state index in [0.29, 0.717) is 24.6 Å². The van der Waals surface area contributed by atoms with Crippen LogP contribution in [0.15, 0.2) is 41.0 Å². The van der Waals surface area contributed by atoms with E-state index in [9.17, 15) is 9.59 Å². The third-order valence-electron chi connectivity index (χ3n) is 4.77. The highest BCUT2D eigenvalue weighted by Crippen LogP contribution is 2.17. The molecule has 0 radical (unpaired) electrons. The summed E-state index contributed by atoms with van der Waals surface area (Å²) in [4.78, 5) is 26.1. The SMILES string of the molecule is Cc1ccc(OCC(=O)N2CCC(NC(=O)c3ccco3)CC2)cc1C. The number of carbonyl (C=O) groups is 2. The maximum atomic E-state index is 12.3. The molecule has 1 aromatic heterocycles. The molecule has 0 aliphatic carbocycles. The number of hydrogen-bond donors (Lipinski definition) is 1. The molecular formula is C20H24N2O4. The van der Waals surface area contributed by atoms with E-state index >= 15 is 0 Å². The Morgan fingerprint density at radius 2 is 1.96 bits per heavy atom. The molecule has 1 fully saturated rings. The lowest BCUT2D eigenvalue weighted by atomic mass is 10.0. The van der Waals surface area contributed by atoms with Crippen molar-refractivity contribution in [2.45, 2.75) is 32.7 Å². The number of furan rings is 1. The monoisotopic (exact) mass is 356 g/mol. The molecule has 0 unspecified atom stereocenters. The molecule has 1 N–H and O–H groups in total. The Morgan fingerprint density at radius 1 is 1.19 bits per heavy atom. The van der Waals surface area contributed by atoms with Crippen molar-refractivity contribution < 1.29 is 18.7 Å². The minimum Gasteiger partial charge on any atom is -0.484 e. The average molecular weight is 356 g/mol. The summed E-state index contributed by atoms with van der Waals surface area (Å²) in [5.41, 5.74) is 2.34. The van der Waals surface area contributed by atoms with Gasteiger partial charge in [0.1, 0.15) is 5.75 Å². The van der Waals surface area contributed by atoms with Crippen molar-refractivity contribution in [3.8, 4) is 5.75 Å². The topological polar surface area (TPSA) is 71.8 Å². The normalized spacial score (nSPS) is 14.9. The Labute approximate surface area is 153 Å². The molecule has 6 heteroatoms. The van der Waals surface area contributed by atoms with Gasteiger partial charge in [-0.2, -0.15) is 0 Å². The molecular weight excluding hydrogens is 332 g/mol. The van der Waals surface area contributed by atoms with Crippen LogP contribution in [-0.2, 0) is 4.79 Å². The predicted octanol–water partition coefficient (Wildman–Crippen LogP) is 2.70. The van der Waals surface area contributed by atoms with Crippen LogP contribution < -0.4 is 10.1 Å². The van der Waals surface area contributed by atoms with Gasteiger partial charge in [0.15, 0.2) is 12.4 Å². The zero-order chi connectivity index (χ0) is 18.5. The fourth-order valence-corrected chi connectivity index (χ4v) is 2.98. The smallest absolute Gasteiger partial charge is 0.287 e. The van der Waals surface area contributed by atoms with Crippen LogP contribution in [0.2, 0.25) is 0 Å². The summed E-state index contributed by atoms with van der Waals surface area (Å²) in [5, 5.41) is 2.95. The van der Waals surface area contributed by atoms with Gasteiger partial charge in [0, 0.05) is 19.1 Å². The predicted molar refractivity (Wildman–Crippen MR) is 97.2 cm³/mol. The third-order valence-corrected chi connectivity index (χ3v) is 4.77. The van der Waals surface area contributed by atoms with Gasteiger partial charge in [-0.3, -0.25) is 9.59 Å². The van der Waals surface area contributed by atoms with E-state index in [1.54, 1.807) is 17.0 Å². The van der Waals surface area contributed by atoms with E-state index in [4.69, 9.17) is 9.15 Å². The van der Waals surface area contributed by atoms with E-state index in [-0.39, 0.29) is 24.5 Å². The lowest BCUT2D eigenvalue weighted by Crippen LogP contribution is -2.47. The Kier molecular flexibility index (Phi) is 5.61. The van der Waals surface area contributed by atoms with Gasteiger partial charge in [0.2, 0.25) is 0 Å². The number of likely N-dealkylation sites (tertiary alicyclic amines) is 1. The molecule has 138 valence electrons. The van der Waals surface area contributed by atoms with E-state index < -0.39 is 0 Å². The molecule has 2 aromatic rings. The standard InChI is InChI=1S/C20H24N2O4/c1-14-5-6-17(12-15(14)2)26-13-19(23)22-9-7-16(8-10-22)21-20(24)18-4-3-11-25-18/h3-6,11-12,16H,7-10,13H2,1-2H3,(H,21,24). The van der Waals surface area contributed by atoms with Gasteiger partial charge in [0.25, 0.3) is 11.8 Å². The summed E-state index contributed by atoms with van der Waals surface area (Å²) in [7, 11) is 0. The summed E-state index contributed by atoms with van der Waals surface area (Å²) in [6.45, 7) is 5.31. The van der Waals surface area contributed by atoms with E-state index in [0.717, 1.165) is 18.4 Å². The largest absolute Gasteiger partial charge is 0.484 e. The van der Waals surface area contributed by atoms with Gasteiger partial charge in [-0.05, 0) is 62.1 Å². The molecule has 3 rings (SSSR count). The number of amides is 2. The molecule has 1 saturated heterocycles. The van der Waals surface area contributed by atoms with Crippen LogP contribution in [-0.4, -0.2) is 42.5 Å². The molecule has 6 nitrogen and oxygen atoms in total. The Hall–Kier alpha value is -2.76. The van der Waals surface area contributed by atoms with Crippen molar-refractivity contribution in [1.82, 2.24) is 10.2 Å². The number of nitrogens with one attached hydrogen (secondary N) is 1. The highest BCUT2D eigenvalue weighted by molar-refractivity contribution is 5.91. The number of carbonyl (C=O) groups excluding carboxylic acids is 2. The van der Waals surface area contributed by atoms with Crippen LogP contribution in [0, 0.1) is 13.8 Å². The summed E-state index contributed by atoms with van der Waals surface area (Å²) in [6.07, 6.45) is 2.93. The van der Waals surface area contributed by atoms with E-state index in [1.165, 1.54) is 11.8 Å². The first-order valence-electron chi connectivity index (χ1n) is 8.85. The maximum Gasteiger partial charge on any atom is 0.287 e. The molecule has 1 aromatic carbocycles. The van der Waals surface area contributed by atoms with Gasteiger partial charge in [-0.15, -0.1) is 0 Å². The highest BCUT2D eigenvalue weighted by atomic mass is 16.5. The molecule has 0 atom stereocenters. The molecule has 2 amide bonds. The summed E-state index contributed by atoms with van der Waals surface area (Å²) in [5.74, 6) is 0.782. The van der Waals surface area contributed by atoms with Gasteiger partial charge < -0.3 is 19.4 Å². The minimum absolute atomic E-state index is 0.0287. The lowest BCUT2D eigenvalue weighted by molar-refractivity contribution is -0.134. The van der Waals surface area contributed by atoms with Crippen molar-refractivity contribution in [3.63, 3.8) is 0 Å². The highest BCUT2D eigenvalue weighted by Gasteiger charge is 2.24. The van der Waals surface area contributed by atoms with Crippen LogP contribution in [0.1, 0.15) is 34.5 Å². The molecule has 0 bridgehead atoms. The first-order valence-corrected chi connectivity index (χ1v) is 8.85. The third kappa shape index (κ3) is 4.45. The van der Waals surface area contributed by atoms with Crippen LogP contribution in [0.5, 0.6) is 5.75 Å². The number of aryl methyl sites for hydroxylation is 2. The van der Waals surface area contributed by atoms with Gasteiger partial charge in [-0.1, -0.05) is 6.07 Å². The molecule has 26 heavy (non-hydrogen) atoms. The number of benzene rings is 1. The van der Waals surface area contributed by atoms with Gasteiger partial charge in [0.05, 0.1) is 6.26 Å². The van der Waals surface area contributed by atoms with Gasteiger partial charge >= 0.3 is 0 Å². The second kappa shape index (κ2) is 8.08. The van der Waals surface area contributed by atoms with Gasteiger partial charge in [-0.25, -0.2) is 0 Å². The van der Waals surface area contributed by atoms with Crippen molar-refractivity contribution in [3.05, 3.63) is 53.5 Å². The Morgan fingerprint density at radius 3 is 2.62 bits per heavy atom. The molecule has 0 spiro atoms. The van der Waals surface area contributed by atoms with Crippen LogP contribution in [0.3, 0.4) is 0 Å². The number of piperidine rings is 1. The first kappa shape index (κ1) is 18.0. The zero-order valence-electron chi connectivity index (χ0n) is 15.2. The zero-order valence-corrected chi connectivity index (χ0v) is 15.2. The number of rotatable bonds is 5. The summed E-state index contributed by atoms with van der Waals surface area (Å²) in [6, 6.07) is 9.19. The fraction of sp³-hybridized carbons (Fsp3) is 0.400. The Balaban J connectivity index is 1.43. The molecule has 0 saturated carbocycles. The lowest BCUT2D eigenvalue weighted by Gasteiger charge is -2.32. The molecule has 2 heterocycles. The van der Waals surface area contributed by atoms with Crippen molar-refractivity contribution in [1.29, 1.82) is 0 Å². The number of ether oxygens (including phenoxy) is 1. The summed E-state index contributed by atoms with van der Waals surface area (Å²) >= 11 is 0. The van der Waals surface area contributed by atoms with Crippen molar-refractivity contribution >= 4 is 11.8 Å². The number of hydrogen-bond acceptors (Lipinski definition) is 4. The summed E-state index contributed by atoms with van der Waals surface area (Å²) < 4.78 is 10.7. The van der Waals surface area contributed by atoms with E-state index in [2.05, 4.69) is 5.32 Å². The second-order valence-electron chi connectivity index (χ2n) is 6.64. The minimum atomic E-state index is -0.210. The van der Waals surface area contributed by atoms with E-state index in [1.807, 2.05) is 32.0 Å². The molecule has 1 aliphatic rings. The first-order chi connectivity index (χ1) is 12.5. The Bertz CT molecular complexity index is 762. The van der Waals surface area contributed by atoms with Crippen molar-refractivity contribution in [2.75, 3.05) is 19.7 Å². The molecule has 1 aliphatic heterocycles.